The molecule has 1 rings (SSSR count). The zero-order chi connectivity index (χ0) is 15.0. The van der Waals surface area contributed by atoms with Gasteiger partial charge in [0.05, 0.1) is 12.7 Å². The Balaban J connectivity index is 2.38. The summed E-state index contributed by atoms with van der Waals surface area (Å²) in [7, 11) is 1.48. The van der Waals surface area contributed by atoms with Crippen LogP contribution in [0.1, 0.15) is 36.0 Å². The number of amides is 1. The van der Waals surface area contributed by atoms with E-state index in [0.717, 1.165) is 12.8 Å². The maximum Gasteiger partial charge on any atom is 0.303 e. The van der Waals surface area contributed by atoms with Crippen LogP contribution in [0.3, 0.4) is 0 Å². The van der Waals surface area contributed by atoms with Crippen LogP contribution in [0, 0.1) is 0 Å². The molecule has 0 spiro atoms. The molecule has 1 aromatic carbocycles. The van der Waals surface area contributed by atoms with Crippen molar-refractivity contribution in [3.63, 3.8) is 0 Å². The molecule has 0 bridgehead atoms. The van der Waals surface area contributed by atoms with Crippen LogP contribution in [-0.4, -0.2) is 30.6 Å². The number of methoxy groups -OCH3 is 1. The molecule has 0 fully saturated rings. The zero-order valence-electron chi connectivity index (χ0n) is 11.3. The zero-order valence-corrected chi connectivity index (χ0v) is 12.1. The molecule has 0 saturated heterocycles. The van der Waals surface area contributed by atoms with Crippen LogP contribution in [-0.2, 0) is 4.79 Å². The summed E-state index contributed by atoms with van der Waals surface area (Å²) in [4.78, 5) is 22.3. The summed E-state index contributed by atoms with van der Waals surface area (Å²) in [6, 6.07) is 4.83. The summed E-state index contributed by atoms with van der Waals surface area (Å²) in [5.41, 5.74) is 0.433. The fourth-order valence-electron chi connectivity index (χ4n) is 1.73. The number of hydrogen-bond donors (Lipinski definition) is 2. The first-order valence-corrected chi connectivity index (χ1v) is 6.76. The molecule has 0 atom stereocenters. The van der Waals surface area contributed by atoms with E-state index in [9.17, 15) is 9.59 Å². The van der Waals surface area contributed by atoms with E-state index >= 15 is 0 Å². The molecule has 1 aromatic rings. The Labute approximate surface area is 122 Å². The Bertz CT molecular complexity index is 476. The average molecular weight is 300 g/mol. The minimum atomic E-state index is -0.792. The van der Waals surface area contributed by atoms with Gasteiger partial charge in [0.15, 0.2) is 0 Å². The van der Waals surface area contributed by atoms with Crippen molar-refractivity contribution in [1.29, 1.82) is 0 Å². The molecule has 5 nitrogen and oxygen atoms in total. The number of nitrogens with one attached hydrogen (secondary N) is 1. The molecule has 6 heteroatoms. The summed E-state index contributed by atoms with van der Waals surface area (Å²) in [6.07, 6.45) is 2.30. The molecule has 0 aromatic heterocycles. The number of carboxylic acids is 1. The van der Waals surface area contributed by atoms with Crippen LogP contribution in [0.25, 0.3) is 0 Å². The highest BCUT2D eigenvalue weighted by Crippen LogP contribution is 2.22. The van der Waals surface area contributed by atoms with Crippen LogP contribution >= 0.6 is 11.6 Å². The fraction of sp³-hybridized carbons (Fsp3) is 0.429. The maximum absolute atomic E-state index is 11.9. The molecule has 110 valence electrons. The fourth-order valence-corrected chi connectivity index (χ4v) is 1.89. The molecule has 20 heavy (non-hydrogen) atoms. The third-order valence-electron chi connectivity index (χ3n) is 2.76. The standard InChI is InChI=1S/C14H18ClNO4/c1-20-12-9-10(15)6-7-11(12)14(19)16-8-4-2-3-5-13(17)18/h6-7,9H,2-5,8H2,1H3,(H,16,19)(H,17,18). The highest BCUT2D eigenvalue weighted by Gasteiger charge is 2.11. The van der Waals surface area contributed by atoms with Crippen LogP contribution in [0.15, 0.2) is 18.2 Å². The van der Waals surface area contributed by atoms with Crippen molar-refractivity contribution in [1.82, 2.24) is 5.32 Å². The predicted octanol–water partition coefficient (Wildman–Crippen LogP) is 2.72. The molecule has 0 heterocycles. The second-order valence-electron chi connectivity index (χ2n) is 4.30. The molecular weight excluding hydrogens is 282 g/mol. The summed E-state index contributed by atoms with van der Waals surface area (Å²) >= 11 is 5.83. The highest BCUT2D eigenvalue weighted by molar-refractivity contribution is 6.30. The van der Waals surface area contributed by atoms with Gasteiger partial charge in [-0.15, -0.1) is 0 Å². The minimum Gasteiger partial charge on any atom is -0.496 e. The van der Waals surface area contributed by atoms with E-state index in [1.165, 1.54) is 7.11 Å². The van der Waals surface area contributed by atoms with Crippen molar-refractivity contribution < 1.29 is 19.4 Å². The Hall–Kier alpha value is -1.75. The highest BCUT2D eigenvalue weighted by atomic mass is 35.5. The normalized spacial score (nSPS) is 10.1. The SMILES string of the molecule is COc1cc(Cl)ccc1C(=O)NCCCCCC(=O)O. The number of halogens is 1. The van der Waals surface area contributed by atoms with Crippen LogP contribution in [0.4, 0.5) is 0 Å². The van der Waals surface area contributed by atoms with Gasteiger partial charge in [-0.1, -0.05) is 18.0 Å². The van der Waals surface area contributed by atoms with E-state index in [1.807, 2.05) is 0 Å². The van der Waals surface area contributed by atoms with Crippen LogP contribution in [0.2, 0.25) is 5.02 Å². The number of unbranched alkanes of at least 4 members (excludes halogenated alkanes) is 2. The van der Waals surface area contributed by atoms with Gasteiger partial charge in [-0.2, -0.15) is 0 Å². The smallest absolute Gasteiger partial charge is 0.303 e. The number of ether oxygens (including phenoxy) is 1. The predicted molar refractivity (Wildman–Crippen MR) is 76.4 cm³/mol. The number of hydrogen-bond acceptors (Lipinski definition) is 3. The lowest BCUT2D eigenvalue weighted by Crippen LogP contribution is -2.24. The van der Waals surface area contributed by atoms with Crippen molar-refractivity contribution >= 4 is 23.5 Å². The summed E-state index contributed by atoms with van der Waals surface area (Å²) < 4.78 is 5.11. The maximum atomic E-state index is 11.9. The monoisotopic (exact) mass is 299 g/mol. The van der Waals surface area contributed by atoms with Crippen molar-refractivity contribution in [3.8, 4) is 5.75 Å². The molecule has 0 aliphatic heterocycles. The Morgan fingerprint density at radius 2 is 2.05 bits per heavy atom. The van der Waals surface area contributed by atoms with E-state index < -0.39 is 5.97 Å². The summed E-state index contributed by atoms with van der Waals surface area (Å²) in [5.74, 6) is -0.586. The first-order valence-electron chi connectivity index (χ1n) is 6.38. The van der Waals surface area contributed by atoms with E-state index in [2.05, 4.69) is 5.32 Å². The summed E-state index contributed by atoms with van der Waals surface area (Å²) in [6.45, 7) is 0.504. The quantitative estimate of drug-likeness (QED) is 0.724. The molecule has 1 amide bonds. The molecule has 0 unspecified atom stereocenters. The lowest BCUT2D eigenvalue weighted by atomic mass is 10.1. The number of benzene rings is 1. The topological polar surface area (TPSA) is 75.6 Å². The van der Waals surface area contributed by atoms with E-state index in [4.69, 9.17) is 21.4 Å². The lowest BCUT2D eigenvalue weighted by molar-refractivity contribution is -0.137. The summed E-state index contributed by atoms with van der Waals surface area (Å²) in [5, 5.41) is 11.8. The van der Waals surface area contributed by atoms with Gasteiger partial charge in [-0.25, -0.2) is 0 Å². The molecule has 2 N–H and O–H groups in total. The molecule has 0 aliphatic rings. The Morgan fingerprint density at radius 3 is 2.70 bits per heavy atom. The van der Waals surface area contributed by atoms with Crippen LogP contribution < -0.4 is 10.1 Å². The molecular formula is C14H18ClNO4. The van der Waals surface area contributed by atoms with Gasteiger partial charge >= 0.3 is 5.97 Å². The van der Waals surface area contributed by atoms with E-state index in [0.29, 0.717) is 29.3 Å². The van der Waals surface area contributed by atoms with Gasteiger partial charge in [0.1, 0.15) is 5.75 Å². The van der Waals surface area contributed by atoms with Crippen LogP contribution in [0.5, 0.6) is 5.75 Å². The number of carbonyl (C=O) groups is 2. The Kier molecular flexibility index (Phi) is 6.87. The molecule has 0 radical (unpaired) electrons. The van der Waals surface area contributed by atoms with Gasteiger partial charge < -0.3 is 15.2 Å². The lowest BCUT2D eigenvalue weighted by Gasteiger charge is -2.09. The third kappa shape index (κ3) is 5.48. The largest absolute Gasteiger partial charge is 0.496 e. The van der Waals surface area contributed by atoms with Crippen molar-refractivity contribution in [3.05, 3.63) is 28.8 Å². The van der Waals surface area contributed by atoms with Crippen molar-refractivity contribution in [2.75, 3.05) is 13.7 Å². The second kappa shape index (κ2) is 8.43. The molecule has 0 aliphatic carbocycles. The van der Waals surface area contributed by atoms with E-state index in [-0.39, 0.29) is 12.3 Å². The van der Waals surface area contributed by atoms with Gasteiger partial charge in [0.25, 0.3) is 5.91 Å². The number of carboxylic acid groups (broad SMARTS) is 1. The first-order chi connectivity index (χ1) is 9.54. The number of aliphatic carboxylic acids is 1. The first kappa shape index (κ1) is 16.3. The second-order valence-corrected chi connectivity index (χ2v) is 4.74. The van der Waals surface area contributed by atoms with Gasteiger partial charge in [0, 0.05) is 18.0 Å². The van der Waals surface area contributed by atoms with Crippen molar-refractivity contribution in [2.24, 2.45) is 0 Å². The number of carbonyl (C=O) groups excluding carboxylic acids is 1. The minimum absolute atomic E-state index is 0.166. The third-order valence-corrected chi connectivity index (χ3v) is 3.00. The van der Waals surface area contributed by atoms with Gasteiger partial charge in [-0.05, 0) is 31.0 Å². The number of rotatable bonds is 8. The average Bonchev–Trinajstić information content (AvgIpc) is 2.41. The van der Waals surface area contributed by atoms with Gasteiger partial charge in [0.2, 0.25) is 0 Å². The van der Waals surface area contributed by atoms with E-state index in [1.54, 1.807) is 18.2 Å². The van der Waals surface area contributed by atoms with Crippen molar-refractivity contribution in [2.45, 2.75) is 25.7 Å². The Morgan fingerprint density at radius 1 is 1.30 bits per heavy atom. The molecule has 0 saturated carbocycles. The van der Waals surface area contributed by atoms with Gasteiger partial charge in [-0.3, -0.25) is 9.59 Å².